The zero-order chi connectivity index (χ0) is 11.1. The average molecular weight is 215 g/mol. The minimum Gasteiger partial charge on any atom is -0.337 e. The third-order valence-electron chi connectivity index (χ3n) is 3.12. The summed E-state index contributed by atoms with van der Waals surface area (Å²) in [4.78, 5) is 17.8. The molecule has 3 rings (SSSR count). The zero-order valence-electron chi connectivity index (χ0n) is 9.18. The molecule has 0 N–H and O–H groups in total. The molecule has 0 aromatic carbocycles. The van der Waals surface area contributed by atoms with Gasteiger partial charge >= 0.3 is 0 Å². The molecule has 0 radical (unpaired) electrons. The van der Waals surface area contributed by atoms with E-state index in [2.05, 4.69) is 9.38 Å². The van der Waals surface area contributed by atoms with Crippen molar-refractivity contribution in [3.8, 4) is 0 Å². The van der Waals surface area contributed by atoms with Crippen LogP contribution in [0.15, 0.2) is 24.4 Å². The van der Waals surface area contributed by atoms with Crippen LogP contribution in [0.3, 0.4) is 0 Å². The SMILES string of the molecule is CC(=O)N1CCc2nc3ccccn3c2C1. The Bertz CT molecular complexity index is 558. The minimum atomic E-state index is 0.136. The number of carbonyl (C=O) groups excluding carboxylic acids is 1. The second-order valence-corrected chi connectivity index (χ2v) is 4.12. The fourth-order valence-corrected chi connectivity index (χ4v) is 2.23. The molecule has 0 atom stereocenters. The van der Waals surface area contributed by atoms with Gasteiger partial charge in [0, 0.05) is 26.1 Å². The van der Waals surface area contributed by atoms with Crippen molar-refractivity contribution in [3.05, 3.63) is 35.8 Å². The fraction of sp³-hybridized carbons (Fsp3) is 0.333. The molecule has 1 aliphatic heterocycles. The first-order chi connectivity index (χ1) is 7.75. The van der Waals surface area contributed by atoms with Crippen molar-refractivity contribution in [3.63, 3.8) is 0 Å². The van der Waals surface area contributed by atoms with Crippen LogP contribution >= 0.6 is 0 Å². The summed E-state index contributed by atoms with van der Waals surface area (Å²) in [6.45, 7) is 3.08. The summed E-state index contributed by atoms with van der Waals surface area (Å²) < 4.78 is 2.07. The Morgan fingerprint density at radius 2 is 2.31 bits per heavy atom. The zero-order valence-corrected chi connectivity index (χ0v) is 9.18. The highest BCUT2D eigenvalue weighted by Crippen LogP contribution is 2.20. The number of pyridine rings is 1. The van der Waals surface area contributed by atoms with Gasteiger partial charge in [0.05, 0.1) is 17.9 Å². The maximum absolute atomic E-state index is 11.4. The van der Waals surface area contributed by atoms with Crippen LogP contribution in [-0.4, -0.2) is 26.7 Å². The lowest BCUT2D eigenvalue weighted by Crippen LogP contribution is -2.34. The fourth-order valence-electron chi connectivity index (χ4n) is 2.23. The maximum atomic E-state index is 11.4. The molecule has 16 heavy (non-hydrogen) atoms. The number of hydrogen-bond acceptors (Lipinski definition) is 2. The lowest BCUT2D eigenvalue weighted by molar-refractivity contribution is -0.129. The minimum absolute atomic E-state index is 0.136. The van der Waals surface area contributed by atoms with E-state index in [-0.39, 0.29) is 5.91 Å². The van der Waals surface area contributed by atoms with Gasteiger partial charge in [-0.2, -0.15) is 0 Å². The van der Waals surface area contributed by atoms with Crippen molar-refractivity contribution in [2.45, 2.75) is 19.9 Å². The van der Waals surface area contributed by atoms with Crippen LogP contribution in [0.25, 0.3) is 5.65 Å². The van der Waals surface area contributed by atoms with Gasteiger partial charge in [-0.3, -0.25) is 4.79 Å². The van der Waals surface area contributed by atoms with Gasteiger partial charge in [0.2, 0.25) is 5.91 Å². The Kier molecular flexibility index (Phi) is 1.96. The Hall–Kier alpha value is -1.84. The van der Waals surface area contributed by atoms with Crippen LogP contribution in [0.2, 0.25) is 0 Å². The Morgan fingerprint density at radius 1 is 1.44 bits per heavy atom. The Morgan fingerprint density at radius 3 is 3.12 bits per heavy atom. The second-order valence-electron chi connectivity index (χ2n) is 4.12. The Balaban J connectivity index is 2.11. The highest BCUT2D eigenvalue weighted by molar-refractivity contribution is 5.73. The van der Waals surface area contributed by atoms with Gasteiger partial charge in [-0.1, -0.05) is 6.07 Å². The summed E-state index contributed by atoms with van der Waals surface area (Å²) >= 11 is 0. The normalized spacial score (nSPS) is 15.2. The van der Waals surface area contributed by atoms with E-state index >= 15 is 0 Å². The highest BCUT2D eigenvalue weighted by atomic mass is 16.2. The highest BCUT2D eigenvalue weighted by Gasteiger charge is 2.22. The third-order valence-corrected chi connectivity index (χ3v) is 3.12. The van der Waals surface area contributed by atoms with Gasteiger partial charge in [0.15, 0.2) is 0 Å². The van der Waals surface area contributed by atoms with Crippen LogP contribution in [-0.2, 0) is 17.8 Å². The van der Waals surface area contributed by atoms with E-state index in [1.807, 2.05) is 29.3 Å². The summed E-state index contributed by atoms with van der Waals surface area (Å²) in [5.41, 5.74) is 3.25. The van der Waals surface area contributed by atoms with Gasteiger partial charge in [-0.15, -0.1) is 0 Å². The predicted octanol–water partition coefficient (Wildman–Crippen LogP) is 1.24. The average Bonchev–Trinajstić information content (AvgIpc) is 2.66. The first-order valence-electron chi connectivity index (χ1n) is 5.46. The molecule has 1 amide bonds. The van der Waals surface area contributed by atoms with Gasteiger partial charge in [0.25, 0.3) is 0 Å². The molecular weight excluding hydrogens is 202 g/mol. The van der Waals surface area contributed by atoms with Crippen molar-refractivity contribution in [2.75, 3.05) is 6.54 Å². The predicted molar refractivity (Wildman–Crippen MR) is 60.0 cm³/mol. The molecule has 82 valence electrons. The van der Waals surface area contributed by atoms with Gasteiger partial charge in [-0.05, 0) is 12.1 Å². The molecule has 0 unspecified atom stereocenters. The number of amides is 1. The number of nitrogens with zero attached hydrogens (tertiary/aromatic N) is 3. The number of imidazole rings is 1. The molecule has 2 aromatic rings. The van der Waals surface area contributed by atoms with Crippen LogP contribution in [0, 0.1) is 0 Å². The van der Waals surface area contributed by atoms with Crippen molar-refractivity contribution in [1.82, 2.24) is 14.3 Å². The molecule has 0 spiro atoms. The molecule has 1 aliphatic rings. The van der Waals surface area contributed by atoms with E-state index < -0.39 is 0 Å². The van der Waals surface area contributed by atoms with E-state index in [4.69, 9.17) is 0 Å². The quantitative estimate of drug-likeness (QED) is 0.663. The first kappa shape index (κ1) is 9.39. The Labute approximate surface area is 93.5 Å². The van der Waals surface area contributed by atoms with E-state index in [0.29, 0.717) is 6.54 Å². The lowest BCUT2D eigenvalue weighted by atomic mass is 10.1. The third kappa shape index (κ3) is 1.30. The van der Waals surface area contributed by atoms with E-state index in [0.717, 1.165) is 30.0 Å². The standard InChI is InChI=1S/C12H13N3O/c1-9(16)14-7-5-10-11(8-14)15-6-3-2-4-12(15)13-10/h2-4,6H,5,7-8H2,1H3. The van der Waals surface area contributed by atoms with Gasteiger partial charge < -0.3 is 9.30 Å². The smallest absolute Gasteiger partial charge is 0.219 e. The van der Waals surface area contributed by atoms with Gasteiger partial charge in [-0.25, -0.2) is 4.98 Å². The van der Waals surface area contributed by atoms with Crippen molar-refractivity contribution in [1.29, 1.82) is 0 Å². The number of hydrogen-bond donors (Lipinski definition) is 0. The molecular formula is C12H13N3O. The largest absolute Gasteiger partial charge is 0.337 e. The van der Waals surface area contributed by atoms with Crippen LogP contribution < -0.4 is 0 Å². The van der Waals surface area contributed by atoms with E-state index in [1.54, 1.807) is 6.92 Å². The molecule has 2 aromatic heterocycles. The van der Waals surface area contributed by atoms with Crippen molar-refractivity contribution < 1.29 is 4.79 Å². The van der Waals surface area contributed by atoms with Gasteiger partial charge in [0.1, 0.15) is 5.65 Å². The topological polar surface area (TPSA) is 37.6 Å². The number of fused-ring (bicyclic) bond motifs is 3. The molecule has 4 nitrogen and oxygen atoms in total. The van der Waals surface area contributed by atoms with Crippen LogP contribution in [0.1, 0.15) is 18.3 Å². The number of rotatable bonds is 0. The molecule has 0 saturated heterocycles. The summed E-state index contributed by atoms with van der Waals surface area (Å²) in [6, 6.07) is 5.97. The van der Waals surface area contributed by atoms with Crippen LogP contribution in [0.5, 0.6) is 0 Å². The molecule has 4 heteroatoms. The monoisotopic (exact) mass is 215 g/mol. The molecule has 0 aliphatic carbocycles. The van der Waals surface area contributed by atoms with Crippen LogP contribution in [0.4, 0.5) is 0 Å². The molecule has 3 heterocycles. The second kappa shape index (κ2) is 3.33. The lowest BCUT2D eigenvalue weighted by Gasteiger charge is -2.25. The summed E-state index contributed by atoms with van der Waals surface area (Å²) in [5, 5.41) is 0. The molecule has 0 fully saturated rings. The van der Waals surface area contributed by atoms with E-state index in [9.17, 15) is 4.79 Å². The summed E-state index contributed by atoms with van der Waals surface area (Å²) in [5.74, 6) is 0.136. The van der Waals surface area contributed by atoms with Crippen molar-refractivity contribution in [2.24, 2.45) is 0 Å². The van der Waals surface area contributed by atoms with E-state index in [1.165, 1.54) is 0 Å². The molecule has 0 saturated carbocycles. The number of aromatic nitrogens is 2. The summed E-state index contributed by atoms with van der Waals surface area (Å²) in [6.07, 6.45) is 2.86. The number of carbonyl (C=O) groups is 1. The maximum Gasteiger partial charge on any atom is 0.219 e. The summed E-state index contributed by atoms with van der Waals surface area (Å²) in [7, 11) is 0. The first-order valence-corrected chi connectivity index (χ1v) is 5.46. The van der Waals surface area contributed by atoms with Crippen molar-refractivity contribution >= 4 is 11.6 Å². The molecule has 0 bridgehead atoms.